The van der Waals surface area contributed by atoms with Crippen LogP contribution in [0, 0.1) is 5.92 Å². The number of hydrogen-bond donors (Lipinski definition) is 2. The number of hydrogen-bond acceptors (Lipinski definition) is 4. The number of carbonyl (C=O) groups excluding carboxylic acids is 2. The van der Waals surface area contributed by atoms with E-state index in [2.05, 4.69) is 5.32 Å². The number of alkyl halides is 6. The van der Waals surface area contributed by atoms with E-state index in [4.69, 9.17) is 4.74 Å². The minimum atomic E-state index is -4.95. The Hall–Kier alpha value is -5.33. The summed E-state index contributed by atoms with van der Waals surface area (Å²) in [7, 11) is 0. The van der Waals surface area contributed by atoms with Gasteiger partial charge in [0.15, 0.2) is 0 Å². The van der Waals surface area contributed by atoms with Crippen LogP contribution in [-0.2, 0) is 46.2 Å². The van der Waals surface area contributed by atoms with E-state index in [9.17, 15) is 45.8 Å². The predicted octanol–water partition coefficient (Wildman–Crippen LogP) is 8.79. The maximum absolute atomic E-state index is 14.2. The van der Waals surface area contributed by atoms with Crippen molar-refractivity contribution in [3.63, 3.8) is 0 Å². The molecule has 2 N–H and O–H groups in total. The molecule has 284 valence electrons. The van der Waals surface area contributed by atoms with Crippen LogP contribution in [0.3, 0.4) is 0 Å². The third-order valence-electron chi connectivity index (χ3n) is 10.1. The van der Waals surface area contributed by atoms with Crippen LogP contribution in [-0.4, -0.2) is 40.4 Å². The molecule has 2 atom stereocenters. The van der Waals surface area contributed by atoms with E-state index in [0.717, 1.165) is 36.8 Å². The van der Waals surface area contributed by atoms with Gasteiger partial charge in [-0.05, 0) is 83.3 Å². The van der Waals surface area contributed by atoms with Gasteiger partial charge in [0.05, 0.1) is 11.1 Å². The third kappa shape index (κ3) is 9.06. The standard InChI is InChI=1S/C41H38F6N2O5/c42-40(43,44)31-15-17-34(41(45,46)47)30(22-31)24-54-32-16-14-29-18-19-49(36(50)21-25-6-4-5-7-25)37(33(29)23-32)38(51)48-35(39(52)53)20-26-10-12-28(13-11-26)27-8-2-1-3-9-27/h1-3,8-17,22-23,25,35,37H,4-7,18-21,24H2,(H,48,51)(H,52,53)/t35-,37?/m0/s1. The Kier molecular flexibility index (Phi) is 11.3. The number of fused-ring (bicyclic) bond motifs is 1. The van der Waals surface area contributed by atoms with Crippen molar-refractivity contribution in [2.75, 3.05) is 6.54 Å². The fraction of sp³-hybridized carbons (Fsp3) is 0.341. The zero-order valence-electron chi connectivity index (χ0n) is 29.1. The number of amides is 2. The summed E-state index contributed by atoms with van der Waals surface area (Å²) >= 11 is 0. The van der Waals surface area contributed by atoms with E-state index < -0.39 is 59.6 Å². The molecule has 7 nitrogen and oxygen atoms in total. The highest BCUT2D eigenvalue weighted by atomic mass is 19.4. The molecule has 2 amide bonds. The summed E-state index contributed by atoms with van der Waals surface area (Å²) < 4.78 is 87.1. The number of carbonyl (C=O) groups is 3. The average Bonchev–Trinajstić information content (AvgIpc) is 3.65. The van der Waals surface area contributed by atoms with Gasteiger partial charge in [0.1, 0.15) is 24.4 Å². The Balaban J connectivity index is 1.27. The number of benzene rings is 4. The first-order valence-corrected chi connectivity index (χ1v) is 17.7. The number of rotatable bonds is 11. The van der Waals surface area contributed by atoms with Crippen LogP contribution in [0.2, 0.25) is 0 Å². The number of nitrogens with zero attached hydrogens (tertiary/aromatic N) is 1. The first-order chi connectivity index (χ1) is 25.7. The van der Waals surface area contributed by atoms with Gasteiger partial charge in [0.25, 0.3) is 0 Å². The van der Waals surface area contributed by atoms with Crippen molar-refractivity contribution in [2.24, 2.45) is 5.92 Å². The Morgan fingerprint density at radius 2 is 1.52 bits per heavy atom. The van der Waals surface area contributed by atoms with Gasteiger partial charge < -0.3 is 20.1 Å². The molecule has 1 aliphatic carbocycles. The summed E-state index contributed by atoms with van der Waals surface area (Å²) in [6.07, 6.45) is -5.67. The first-order valence-electron chi connectivity index (χ1n) is 17.7. The molecule has 0 aromatic heterocycles. The lowest BCUT2D eigenvalue weighted by Crippen LogP contribution is -2.51. The second-order valence-corrected chi connectivity index (χ2v) is 13.8. The molecule has 6 rings (SSSR count). The summed E-state index contributed by atoms with van der Waals surface area (Å²) in [5.41, 5.74) is 0.161. The van der Waals surface area contributed by atoms with Crippen LogP contribution in [0.25, 0.3) is 11.1 Å². The summed E-state index contributed by atoms with van der Waals surface area (Å²) in [5, 5.41) is 12.8. The number of aliphatic carboxylic acids is 1. The minimum absolute atomic E-state index is 0.0459. The molecule has 4 aromatic rings. The zero-order chi connectivity index (χ0) is 38.6. The molecule has 0 bridgehead atoms. The van der Waals surface area contributed by atoms with Crippen molar-refractivity contribution >= 4 is 17.8 Å². The summed E-state index contributed by atoms with van der Waals surface area (Å²) in [6, 6.07) is 19.7. The van der Waals surface area contributed by atoms with Crippen LogP contribution >= 0.6 is 0 Å². The molecule has 1 fully saturated rings. The SMILES string of the molecule is O=C(N[C@@H](Cc1ccc(-c2ccccc2)cc1)C(=O)O)C1c2cc(OCc3cc(C(F)(F)F)ccc3C(F)(F)F)ccc2CCN1C(=O)CC1CCCC1. The van der Waals surface area contributed by atoms with Crippen molar-refractivity contribution in [1.82, 2.24) is 10.2 Å². The van der Waals surface area contributed by atoms with E-state index in [0.29, 0.717) is 35.7 Å². The Bertz CT molecular complexity index is 1970. The van der Waals surface area contributed by atoms with Gasteiger partial charge in [-0.25, -0.2) is 4.79 Å². The maximum atomic E-state index is 14.2. The van der Waals surface area contributed by atoms with Gasteiger partial charge in [-0.3, -0.25) is 9.59 Å². The van der Waals surface area contributed by atoms with Crippen LogP contribution < -0.4 is 10.1 Å². The molecular weight excluding hydrogens is 714 g/mol. The molecule has 0 saturated heterocycles. The van der Waals surface area contributed by atoms with Crippen LogP contribution in [0.1, 0.15) is 71.5 Å². The van der Waals surface area contributed by atoms with Gasteiger partial charge in [-0.1, -0.05) is 73.5 Å². The van der Waals surface area contributed by atoms with Crippen molar-refractivity contribution in [2.45, 2.75) is 76.0 Å². The number of carboxylic acid groups (broad SMARTS) is 1. The quantitative estimate of drug-likeness (QED) is 0.150. The second-order valence-electron chi connectivity index (χ2n) is 13.8. The molecule has 1 saturated carbocycles. The van der Waals surface area contributed by atoms with E-state index >= 15 is 0 Å². The summed E-state index contributed by atoms with van der Waals surface area (Å²) in [6.45, 7) is -0.711. The number of nitrogens with one attached hydrogen (secondary N) is 1. The molecule has 0 spiro atoms. The largest absolute Gasteiger partial charge is 0.489 e. The molecule has 1 aliphatic heterocycles. The van der Waals surface area contributed by atoms with Crippen LogP contribution in [0.5, 0.6) is 5.75 Å². The summed E-state index contributed by atoms with van der Waals surface area (Å²) in [4.78, 5) is 41.9. The molecule has 1 heterocycles. The first kappa shape index (κ1) is 38.4. The van der Waals surface area contributed by atoms with Crippen molar-refractivity contribution in [3.05, 3.63) is 124 Å². The molecule has 1 unspecified atom stereocenters. The summed E-state index contributed by atoms with van der Waals surface area (Å²) in [5.74, 6) is -2.26. The monoisotopic (exact) mass is 752 g/mol. The lowest BCUT2D eigenvalue weighted by atomic mass is 9.90. The average molecular weight is 753 g/mol. The van der Waals surface area contributed by atoms with Crippen molar-refractivity contribution < 1.29 is 50.6 Å². The fourth-order valence-corrected chi connectivity index (χ4v) is 7.29. The minimum Gasteiger partial charge on any atom is -0.489 e. The highest BCUT2D eigenvalue weighted by molar-refractivity contribution is 5.92. The lowest BCUT2D eigenvalue weighted by Gasteiger charge is -2.37. The molecular formula is C41H38F6N2O5. The van der Waals surface area contributed by atoms with Gasteiger partial charge in [-0.2, -0.15) is 26.3 Å². The Morgan fingerprint density at radius 1 is 0.833 bits per heavy atom. The number of carboxylic acids is 1. The van der Waals surface area contributed by atoms with Gasteiger partial charge >= 0.3 is 18.3 Å². The second kappa shape index (κ2) is 16.0. The van der Waals surface area contributed by atoms with Gasteiger partial charge in [-0.15, -0.1) is 0 Å². The smallest absolute Gasteiger partial charge is 0.416 e. The fourth-order valence-electron chi connectivity index (χ4n) is 7.29. The third-order valence-corrected chi connectivity index (χ3v) is 10.1. The zero-order valence-corrected chi connectivity index (χ0v) is 29.1. The van der Waals surface area contributed by atoms with E-state index in [-0.39, 0.29) is 42.5 Å². The van der Waals surface area contributed by atoms with Crippen LogP contribution in [0.4, 0.5) is 26.3 Å². The number of halogens is 6. The number of ether oxygens (including phenoxy) is 1. The van der Waals surface area contributed by atoms with E-state index in [1.807, 2.05) is 42.5 Å². The lowest BCUT2D eigenvalue weighted by molar-refractivity contribution is -0.145. The predicted molar refractivity (Wildman–Crippen MR) is 187 cm³/mol. The normalized spacial score (nSPS) is 16.8. The van der Waals surface area contributed by atoms with E-state index in [1.54, 1.807) is 18.2 Å². The van der Waals surface area contributed by atoms with Crippen LogP contribution in [0.15, 0.2) is 91.0 Å². The topological polar surface area (TPSA) is 95.9 Å². The molecule has 0 radical (unpaired) electrons. The molecule has 2 aliphatic rings. The highest BCUT2D eigenvalue weighted by Gasteiger charge is 2.40. The molecule has 13 heteroatoms. The molecule has 54 heavy (non-hydrogen) atoms. The highest BCUT2D eigenvalue weighted by Crippen LogP contribution is 2.39. The van der Waals surface area contributed by atoms with E-state index in [1.165, 1.54) is 17.0 Å². The van der Waals surface area contributed by atoms with Crippen molar-refractivity contribution in [1.29, 1.82) is 0 Å². The Labute approximate surface area is 307 Å². The molecule has 4 aromatic carbocycles. The van der Waals surface area contributed by atoms with Gasteiger partial charge in [0.2, 0.25) is 11.8 Å². The van der Waals surface area contributed by atoms with Gasteiger partial charge in [0, 0.05) is 24.9 Å². The Morgan fingerprint density at radius 3 is 2.17 bits per heavy atom. The van der Waals surface area contributed by atoms with Crippen molar-refractivity contribution in [3.8, 4) is 16.9 Å². The maximum Gasteiger partial charge on any atom is 0.416 e.